The zero-order valence-electron chi connectivity index (χ0n) is 18.8. The van der Waals surface area contributed by atoms with E-state index in [1.54, 1.807) is 12.1 Å². The highest BCUT2D eigenvalue weighted by atomic mass is 16.5. The van der Waals surface area contributed by atoms with Crippen LogP contribution in [0.25, 0.3) is 10.8 Å². The zero-order valence-corrected chi connectivity index (χ0v) is 18.8. The molecule has 0 spiro atoms. The zero-order chi connectivity index (χ0) is 23.2. The molecule has 0 unspecified atom stereocenters. The van der Waals surface area contributed by atoms with E-state index in [2.05, 4.69) is 5.32 Å². The quantitative estimate of drug-likeness (QED) is 0.586. The number of hydrogen-bond donors (Lipinski definition) is 1. The lowest BCUT2D eigenvalue weighted by Crippen LogP contribution is -2.43. The average Bonchev–Trinajstić information content (AvgIpc) is 2.88. The molecule has 1 saturated heterocycles. The molecule has 0 bridgehead atoms. The summed E-state index contributed by atoms with van der Waals surface area (Å²) < 4.78 is 4.70. The molecular weight excluding hydrogens is 416 g/mol. The van der Waals surface area contributed by atoms with Gasteiger partial charge in [-0.2, -0.15) is 0 Å². The first-order valence-electron chi connectivity index (χ1n) is 11.3. The van der Waals surface area contributed by atoms with Crippen molar-refractivity contribution in [3.63, 3.8) is 0 Å². The van der Waals surface area contributed by atoms with Crippen molar-refractivity contribution in [2.75, 3.05) is 26.7 Å². The first-order valence-corrected chi connectivity index (χ1v) is 11.3. The van der Waals surface area contributed by atoms with E-state index in [1.807, 2.05) is 59.5 Å². The van der Waals surface area contributed by atoms with Crippen LogP contribution in [0.2, 0.25) is 0 Å². The van der Waals surface area contributed by atoms with Crippen LogP contribution in [-0.4, -0.2) is 49.4 Å². The molecule has 170 valence electrons. The van der Waals surface area contributed by atoms with Gasteiger partial charge in [0, 0.05) is 31.1 Å². The molecule has 0 radical (unpaired) electrons. The van der Waals surface area contributed by atoms with Crippen molar-refractivity contribution >= 4 is 28.6 Å². The van der Waals surface area contributed by atoms with Gasteiger partial charge in [-0.05, 0) is 53.8 Å². The number of likely N-dealkylation sites (tertiary alicyclic amines) is 1. The molecule has 0 saturated carbocycles. The minimum absolute atomic E-state index is 0.0288. The Hall–Kier alpha value is -3.67. The van der Waals surface area contributed by atoms with Gasteiger partial charge >= 0.3 is 5.97 Å². The van der Waals surface area contributed by atoms with Crippen molar-refractivity contribution in [2.24, 2.45) is 5.92 Å². The molecular formula is C27H28N2O4. The number of esters is 1. The Bertz CT molecular complexity index is 1140. The number of rotatable bonds is 6. The molecule has 33 heavy (non-hydrogen) atoms. The molecule has 6 heteroatoms. The molecule has 1 N–H and O–H groups in total. The average molecular weight is 445 g/mol. The largest absolute Gasteiger partial charge is 0.465 e. The Morgan fingerprint density at radius 1 is 0.939 bits per heavy atom. The van der Waals surface area contributed by atoms with Crippen molar-refractivity contribution in [1.82, 2.24) is 10.2 Å². The van der Waals surface area contributed by atoms with Crippen LogP contribution >= 0.6 is 0 Å². The van der Waals surface area contributed by atoms with E-state index in [-0.39, 0.29) is 23.7 Å². The summed E-state index contributed by atoms with van der Waals surface area (Å²) in [6.45, 7) is 1.69. The fraction of sp³-hybridized carbons (Fsp3) is 0.296. The lowest BCUT2D eigenvalue weighted by Gasteiger charge is -2.31. The summed E-state index contributed by atoms with van der Waals surface area (Å²) in [7, 11) is 1.36. The molecule has 6 nitrogen and oxygen atoms in total. The van der Waals surface area contributed by atoms with Gasteiger partial charge in [-0.3, -0.25) is 9.59 Å². The normalized spacial score (nSPS) is 14.2. The third-order valence-corrected chi connectivity index (χ3v) is 6.26. The van der Waals surface area contributed by atoms with Gasteiger partial charge in [-0.25, -0.2) is 4.79 Å². The molecule has 2 amide bonds. The summed E-state index contributed by atoms with van der Waals surface area (Å²) in [4.78, 5) is 39.1. The molecule has 4 rings (SSSR count). The van der Waals surface area contributed by atoms with Crippen molar-refractivity contribution in [1.29, 1.82) is 0 Å². The van der Waals surface area contributed by atoms with Gasteiger partial charge in [-0.15, -0.1) is 0 Å². The topological polar surface area (TPSA) is 75.7 Å². The molecule has 1 aliphatic heterocycles. The maximum absolute atomic E-state index is 13.1. The SMILES string of the molecule is COC(=O)c1ccc(CCNC(=O)C2CCN(C(=O)c3cccc4ccccc34)CC2)cc1. The van der Waals surface area contributed by atoms with E-state index in [9.17, 15) is 14.4 Å². The van der Waals surface area contributed by atoms with Gasteiger partial charge in [0.25, 0.3) is 5.91 Å². The van der Waals surface area contributed by atoms with E-state index in [1.165, 1.54) is 7.11 Å². The molecule has 0 aliphatic carbocycles. The summed E-state index contributed by atoms with van der Waals surface area (Å²) in [5.74, 6) is -0.372. The number of piperidine rings is 1. The summed E-state index contributed by atoms with van der Waals surface area (Å²) in [5, 5.41) is 5.03. The van der Waals surface area contributed by atoms with Crippen molar-refractivity contribution in [3.05, 3.63) is 83.4 Å². The first kappa shape index (κ1) is 22.5. The number of fused-ring (bicyclic) bond motifs is 1. The summed E-state index contributed by atoms with van der Waals surface area (Å²) >= 11 is 0. The number of nitrogens with zero attached hydrogens (tertiary/aromatic N) is 1. The monoisotopic (exact) mass is 444 g/mol. The van der Waals surface area contributed by atoms with E-state index in [0.29, 0.717) is 50.0 Å². The fourth-order valence-electron chi connectivity index (χ4n) is 4.33. The standard InChI is InChI=1S/C27H28N2O4/c1-33-27(32)22-11-9-19(10-12-22)13-16-28-25(30)21-14-17-29(18-15-21)26(31)24-8-4-6-20-5-2-3-7-23(20)24/h2-12,21H,13-18H2,1H3,(H,28,30). The third kappa shape index (κ3) is 5.22. The second kappa shape index (κ2) is 10.3. The van der Waals surface area contributed by atoms with Crippen LogP contribution in [0.5, 0.6) is 0 Å². The predicted octanol–water partition coefficient (Wildman–Crippen LogP) is 3.84. The Morgan fingerprint density at radius 3 is 2.36 bits per heavy atom. The number of carbonyl (C=O) groups excluding carboxylic acids is 3. The van der Waals surface area contributed by atoms with Crippen molar-refractivity contribution < 1.29 is 19.1 Å². The highest BCUT2D eigenvalue weighted by molar-refractivity contribution is 6.07. The van der Waals surface area contributed by atoms with Crippen LogP contribution in [0.1, 0.15) is 39.1 Å². The van der Waals surface area contributed by atoms with E-state index < -0.39 is 0 Å². The second-order valence-corrected chi connectivity index (χ2v) is 8.32. The molecule has 3 aromatic carbocycles. The van der Waals surface area contributed by atoms with E-state index in [4.69, 9.17) is 4.74 Å². The third-order valence-electron chi connectivity index (χ3n) is 6.26. The highest BCUT2D eigenvalue weighted by Gasteiger charge is 2.28. The lowest BCUT2D eigenvalue weighted by atomic mass is 9.94. The Balaban J connectivity index is 1.26. The maximum Gasteiger partial charge on any atom is 0.337 e. The van der Waals surface area contributed by atoms with Gasteiger partial charge in [0.2, 0.25) is 5.91 Å². The number of methoxy groups -OCH3 is 1. The van der Waals surface area contributed by atoms with Crippen LogP contribution in [-0.2, 0) is 16.0 Å². The number of ether oxygens (including phenoxy) is 1. The summed E-state index contributed by atoms with van der Waals surface area (Å²) in [6, 6.07) is 20.9. The van der Waals surface area contributed by atoms with Crippen molar-refractivity contribution in [3.8, 4) is 0 Å². The van der Waals surface area contributed by atoms with Gasteiger partial charge in [0.05, 0.1) is 12.7 Å². The number of hydrogen-bond acceptors (Lipinski definition) is 4. The minimum atomic E-state index is -0.361. The molecule has 0 aromatic heterocycles. The van der Waals surface area contributed by atoms with Crippen molar-refractivity contribution in [2.45, 2.75) is 19.3 Å². The van der Waals surface area contributed by atoms with Gasteiger partial charge in [-0.1, -0.05) is 48.5 Å². The van der Waals surface area contributed by atoms with Crippen LogP contribution in [0.3, 0.4) is 0 Å². The Labute approximate surface area is 193 Å². The smallest absolute Gasteiger partial charge is 0.337 e. The first-order chi connectivity index (χ1) is 16.1. The molecule has 0 atom stereocenters. The maximum atomic E-state index is 13.1. The summed E-state index contributed by atoms with van der Waals surface area (Å²) in [5.41, 5.74) is 2.27. The Kier molecular flexibility index (Phi) is 7.03. The van der Waals surface area contributed by atoms with Crippen LogP contribution in [0.4, 0.5) is 0 Å². The van der Waals surface area contributed by atoms with Crippen LogP contribution < -0.4 is 5.32 Å². The number of nitrogens with one attached hydrogen (secondary N) is 1. The second-order valence-electron chi connectivity index (χ2n) is 8.32. The summed E-state index contributed by atoms with van der Waals surface area (Å²) in [6.07, 6.45) is 2.01. The molecule has 1 heterocycles. The van der Waals surface area contributed by atoms with Gasteiger partial charge in [0.15, 0.2) is 0 Å². The highest BCUT2D eigenvalue weighted by Crippen LogP contribution is 2.23. The van der Waals surface area contributed by atoms with E-state index in [0.717, 1.165) is 16.3 Å². The van der Waals surface area contributed by atoms with Crippen LogP contribution in [0, 0.1) is 5.92 Å². The number of carbonyl (C=O) groups is 3. The fourth-order valence-corrected chi connectivity index (χ4v) is 4.33. The van der Waals surface area contributed by atoms with Gasteiger partial charge in [0.1, 0.15) is 0 Å². The van der Waals surface area contributed by atoms with Gasteiger partial charge < -0.3 is 15.0 Å². The predicted molar refractivity (Wildman–Crippen MR) is 127 cm³/mol. The molecule has 3 aromatic rings. The van der Waals surface area contributed by atoms with Crippen LogP contribution in [0.15, 0.2) is 66.7 Å². The Morgan fingerprint density at radius 2 is 1.64 bits per heavy atom. The number of benzene rings is 3. The number of amides is 2. The lowest BCUT2D eigenvalue weighted by molar-refractivity contribution is -0.126. The van der Waals surface area contributed by atoms with E-state index >= 15 is 0 Å². The minimum Gasteiger partial charge on any atom is -0.465 e. The molecule has 1 aliphatic rings. The molecule has 1 fully saturated rings.